The van der Waals surface area contributed by atoms with Crippen LogP contribution in [0.2, 0.25) is 0 Å². The third-order valence-electron chi connectivity index (χ3n) is 2.91. The first-order valence-corrected chi connectivity index (χ1v) is 6.34. The molecule has 2 aromatic carbocycles. The van der Waals surface area contributed by atoms with Crippen LogP contribution in [-0.4, -0.2) is 12.0 Å². The molecule has 2 N–H and O–H groups in total. The van der Waals surface area contributed by atoms with Crippen molar-refractivity contribution in [2.75, 3.05) is 11.9 Å². The van der Waals surface area contributed by atoms with Crippen molar-refractivity contribution in [2.45, 2.75) is 6.54 Å². The van der Waals surface area contributed by atoms with Gasteiger partial charge in [-0.3, -0.25) is 0 Å². The zero-order chi connectivity index (χ0) is 13.8. The first kappa shape index (κ1) is 13.5. The number of hydrogen-bond acceptors (Lipinski definition) is 2. The minimum atomic E-state index is -0.384. The predicted octanol–water partition coefficient (Wildman–Crippen LogP) is 3.10. The summed E-state index contributed by atoms with van der Waals surface area (Å²) in [6.45, 7) is 0.667. The summed E-state index contributed by atoms with van der Waals surface area (Å²) in [6, 6.07) is 14.8. The standard InChI is InChI=1S/C15H15FN2S/c1-18(10-11-6-3-2-4-7-11)13-9-5-8-12(16)14(13)15(17)19/h2-9H,10H2,1H3,(H2,17,19). The molecule has 0 saturated carbocycles. The quantitative estimate of drug-likeness (QED) is 0.869. The summed E-state index contributed by atoms with van der Waals surface area (Å²) in [7, 11) is 1.89. The van der Waals surface area contributed by atoms with Gasteiger partial charge in [0.15, 0.2) is 0 Å². The third-order valence-corrected chi connectivity index (χ3v) is 3.12. The Morgan fingerprint density at radius 2 is 1.84 bits per heavy atom. The lowest BCUT2D eigenvalue weighted by molar-refractivity contribution is 0.624. The van der Waals surface area contributed by atoms with Crippen LogP contribution in [0.15, 0.2) is 48.5 Å². The number of halogens is 1. The zero-order valence-corrected chi connectivity index (χ0v) is 11.5. The van der Waals surface area contributed by atoms with Crippen molar-refractivity contribution < 1.29 is 4.39 Å². The van der Waals surface area contributed by atoms with Gasteiger partial charge in [0.25, 0.3) is 0 Å². The van der Waals surface area contributed by atoms with Crippen molar-refractivity contribution in [3.05, 3.63) is 65.5 Å². The van der Waals surface area contributed by atoms with Gasteiger partial charge in [-0.25, -0.2) is 4.39 Å². The van der Waals surface area contributed by atoms with Crippen molar-refractivity contribution >= 4 is 22.9 Å². The predicted molar refractivity (Wildman–Crippen MR) is 80.8 cm³/mol. The smallest absolute Gasteiger partial charge is 0.135 e. The number of anilines is 1. The summed E-state index contributed by atoms with van der Waals surface area (Å²) in [5.74, 6) is -0.384. The van der Waals surface area contributed by atoms with Crippen LogP contribution in [0.3, 0.4) is 0 Å². The van der Waals surface area contributed by atoms with Gasteiger partial charge in [-0.1, -0.05) is 48.6 Å². The fourth-order valence-electron chi connectivity index (χ4n) is 2.02. The van der Waals surface area contributed by atoms with Crippen LogP contribution in [0, 0.1) is 5.82 Å². The van der Waals surface area contributed by atoms with Crippen LogP contribution < -0.4 is 10.6 Å². The number of thiocarbonyl (C=S) groups is 1. The van der Waals surface area contributed by atoms with E-state index in [0.717, 1.165) is 5.56 Å². The zero-order valence-electron chi connectivity index (χ0n) is 10.6. The SMILES string of the molecule is CN(Cc1ccccc1)c1cccc(F)c1C(N)=S. The maximum absolute atomic E-state index is 13.8. The number of rotatable bonds is 4. The molecular formula is C15H15FN2S. The normalized spacial score (nSPS) is 10.2. The molecule has 0 atom stereocenters. The van der Waals surface area contributed by atoms with Crippen LogP contribution in [-0.2, 0) is 6.54 Å². The molecule has 2 nitrogen and oxygen atoms in total. The minimum absolute atomic E-state index is 0.0769. The maximum Gasteiger partial charge on any atom is 0.135 e. The summed E-state index contributed by atoms with van der Waals surface area (Å²) in [4.78, 5) is 2.01. The monoisotopic (exact) mass is 274 g/mol. The molecule has 0 unspecified atom stereocenters. The molecular weight excluding hydrogens is 259 g/mol. The molecule has 0 bridgehead atoms. The van der Waals surface area contributed by atoms with Crippen LogP contribution in [0.25, 0.3) is 0 Å². The van der Waals surface area contributed by atoms with E-state index in [1.54, 1.807) is 6.07 Å². The fraction of sp³-hybridized carbons (Fsp3) is 0.133. The van der Waals surface area contributed by atoms with Gasteiger partial charge in [-0.2, -0.15) is 0 Å². The number of nitrogens with zero attached hydrogens (tertiary/aromatic N) is 1. The summed E-state index contributed by atoms with van der Waals surface area (Å²) in [6.07, 6.45) is 0. The van der Waals surface area contributed by atoms with Crippen LogP contribution in [0.1, 0.15) is 11.1 Å². The number of hydrogen-bond donors (Lipinski definition) is 1. The van der Waals surface area contributed by atoms with Gasteiger partial charge in [0.2, 0.25) is 0 Å². The Labute approximate surface area is 117 Å². The lowest BCUT2D eigenvalue weighted by Gasteiger charge is -2.22. The van der Waals surface area contributed by atoms with Crippen LogP contribution >= 0.6 is 12.2 Å². The van der Waals surface area contributed by atoms with Gasteiger partial charge in [0.1, 0.15) is 10.8 Å². The molecule has 0 aromatic heterocycles. The second-order valence-corrected chi connectivity index (χ2v) is 4.78. The average Bonchev–Trinajstić information content (AvgIpc) is 2.39. The molecule has 0 radical (unpaired) electrons. The van der Waals surface area contributed by atoms with E-state index >= 15 is 0 Å². The second-order valence-electron chi connectivity index (χ2n) is 4.34. The van der Waals surface area contributed by atoms with Crippen molar-refractivity contribution in [1.29, 1.82) is 0 Å². The Balaban J connectivity index is 2.31. The highest BCUT2D eigenvalue weighted by Gasteiger charge is 2.14. The van der Waals surface area contributed by atoms with E-state index in [2.05, 4.69) is 0 Å². The molecule has 4 heteroatoms. The van der Waals surface area contributed by atoms with E-state index in [1.165, 1.54) is 6.07 Å². The highest BCUT2D eigenvalue weighted by molar-refractivity contribution is 7.80. The minimum Gasteiger partial charge on any atom is -0.389 e. The van der Waals surface area contributed by atoms with Crippen molar-refractivity contribution in [3.63, 3.8) is 0 Å². The molecule has 0 aliphatic rings. The highest BCUT2D eigenvalue weighted by Crippen LogP contribution is 2.23. The summed E-state index contributed by atoms with van der Waals surface area (Å²) in [5, 5.41) is 0. The molecule has 0 aliphatic heterocycles. The maximum atomic E-state index is 13.8. The van der Waals surface area contributed by atoms with Crippen LogP contribution in [0.5, 0.6) is 0 Å². The molecule has 0 saturated heterocycles. The van der Waals surface area contributed by atoms with Crippen LogP contribution in [0.4, 0.5) is 10.1 Å². The molecule has 0 heterocycles. The van der Waals surface area contributed by atoms with E-state index in [1.807, 2.05) is 48.3 Å². The van der Waals surface area contributed by atoms with E-state index < -0.39 is 0 Å². The molecule has 0 amide bonds. The van der Waals surface area contributed by atoms with Crippen molar-refractivity contribution in [2.24, 2.45) is 5.73 Å². The highest BCUT2D eigenvalue weighted by atomic mass is 32.1. The van der Waals surface area contributed by atoms with Gasteiger partial charge in [0, 0.05) is 19.3 Å². The summed E-state index contributed by atoms with van der Waals surface area (Å²) < 4.78 is 13.8. The third kappa shape index (κ3) is 3.09. The van der Waals surface area contributed by atoms with Gasteiger partial charge in [-0.05, 0) is 17.7 Å². The molecule has 0 aliphatic carbocycles. The average molecular weight is 274 g/mol. The fourth-order valence-corrected chi connectivity index (χ4v) is 2.22. The van der Waals surface area contributed by atoms with E-state index in [9.17, 15) is 4.39 Å². The Hall–Kier alpha value is -1.94. The number of benzene rings is 2. The Morgan fingerprint density at radius 1 is 1.16 bits per heavy atom. The molecule has 98 valence electrons. The number of nitrogens with two attached hydrogens (primary N) is 1. The molecule has 2 aromatic rings. The lowest BCUT2D eigenvalue weighted by atomic mass is 10.1. The Kier molecular flexibility index (Phi) is 4.12. The van der Waals surface area contributed by atoms with Gasteiger partial charge in [-0.15, -0.1) is 0 Å². The Morgan fingerprint density at radius 3 is 2.47 bits per heavy atom. The second kappa shape index (κ2) is 5.80. The first-order chi connectivity index (χ1) is 9.09. The molecule has 2 rings (SSSR count). The van der Waals surface area contributed by atoms with E-state index in [4.69, 9.17) is 18.0 Å². The van der Waals surface area contributed by atoms with Gasteiger partial charge < -0.3 is 10.6 Å². The Bertz CT molecular complexity index is 584. The first-order valence-electron chi connectivity index (χ1n) is 5.93. The lowest BCUT2D eigenvalue weighted by Crippen LogP contribution is -2.22. The molecule has 0 fully saturated rings. The van der Waals surface area contributed by atoms with Gasteiger partial charge in [0.05, 0.1) is 5.56 Å². The topological polar surface area (TPSA) is 29.3 Å². The van der Waals surface area contributed by atoms with E-state index in [0.29, 0.717) is 17.8 Å². The van der Waals surface area contributed by atoms with Crippen molar-refractivity contribution in [1.82, 2.24) is 0 Å². The van der Waals surface area contributed by atoms with Gasteiger partial charge >= 0.3 is 0 Å². The molecule has 0 spiro atoms. The largest absolute Gasteiger partial charge is 0.389 e. The molecule has 19 heavy (non-hydrogen) atoms. The van der Waals surface area contributed by atoms with E-state index in [-0.39, 0.29) is 10.8 Å². The summed E-state index contributed by atoms with van der Waals surface area (Å²) >= 11 is 4.93. The summed E-state index contributed by atoms with van der Waals surface area (Å²) in [5.41, 5.74) is 7.76. The van der Waals surface area contributed by atoms with Crippen molar-refractivity contribution in [3.8, 4) is 0 Å².